The number of carbonyl (C=O) groups excluding carboxylic acids is 2. The average molecular weight is 404 g/mol. The van der Waals surface area contributed by atoms with Crippen LogP contribution in [0.5, 0.6) is 0 Å². The highest BCUT2D eigenvalue weighted by Gasteiger charge is 2.31. The minimum Gasteiger partial charge on any atom is -0.351 e. The van der Waals surface area contributed by atoms with Gasteiger partial charge in [0.05, 0.1) is 17.9 Å². The number of hydrogen-bond acceptors (Lipinski definition) is 5. The molecule has 0 saturated carbocycles. The largest absolute Gasteiger partial charge is 0.351 e. The summed E-state index contributed by atoms with van der Waals surface area (Å²) in [6.07, 6.45) is 4.40. The number of amides is 2. The monoisotopic (exact) mass is 404 g/mol. The molecule has 1 aliphatic heterocycles. The second-order valence-corrected chi connectivity index (χ2v) is 7.50. The Bertz CT molecular complexity index is 996. The van der Waals surface area contributed by atoms with Crippen molar-refractivity contribution >= 4 is 11.8 Å². The van der Waals surface area contributed by atoms with Gasteiger partial charge in [-0.3, -0.25) is 14.6 Å². The standard InChI is InChI=1S/C23H24N4O3/c1-16-6-2-3-7-18(16)21(19-8-4-5-12-24-19)26-22(28)17-10-14-27(15-11-17)23(29)20-9-13-25-30-20/h2-9,12-13,17,21H,10-11,14-15H2,1H3,(H,26,28). The number of nitrogens with zero attached hydrogens (tertiary/aromatic N) is 3. The van der Waals surface area contributed by atoms with Gasteiger partial charge >= 0.3 is 0 Å². The Morgan fingerprint density at radius 1 is 1.07 bits per heavy atom. The Labute approximate surface area is 175 Å². The van der Waals surface area contributed by atoms with Gasteiger partial charge in [0, 0.05) is 31.3 Å². The molecule has 30 heavy (non-hydrogen) atoms. The van der Waals surface area contributed by atoms with Crippen LogP contribution in [0.4, 0.5) is 0 Å². The smallest absolute Gasteiger partial charge is 0.292 e. The van der Waals surface area contributed by atoms with E-state index in [-0.39, 0.29) is 29.5 Å². The van der Waals surface area contributed by atoms with E-state index in [0.717, 1.165) is 16.8 Å². The van der Waals surface area contributed by atoms with Crippen molar-refractivity contribution in [3.63, 3.8) is 0 Å². The van der Waals surface area contributed by atoms with E-state index in [2.05, 4.69) is 15.5 Å². The number of hydrogen-bond donors (Lipinski definition) is 1. The van der Waals surface area contributed by atoms with Crippen LogP contribution in [0.1, 0.15) is 46.3 Å². The maximum Gasteiger partial charge on any atom is 0.292 e. The Kier molecular flexibility index (Phi) is 5.88. The summed E-state index contributed by atoms with van der Waals surface area (Å²) in [5.74, 6) is -0.120. The SMILES string of the molecule is Cc1ccccc1C(NC(=O)C1CCN(C(=O)c2ccno2)CC1)c1ccccn1. The van der Waals surface area contributed by atoms with E-state index in [1.165, 1.54) is 6.20 Å². The summed E-state index contributed by atoms with van der Waals surface area (Å²) in [7, 11) is 0. The van der Waals surface area contributed by atoms with E-state index in [0.29, 0.717) is 25.9 Å². The van der Waals surface area contributed by atoms with Crippen molar-refractivity contribution in [1.82, 2.24) is 20.4 Å². The molecule has 2 aromatic heterocycles. The van der Waals surface area contributed by atoms with Crippen LogP contribution in [-0.4, -0.2) is 39.9 Å². The Morgan fingerprint density at radius 2 is 1.83 bits per heavy atom. The molecule has 1 aromatic carbocycles. The van der Waals surface area contributed by atoms with Crippen LogP contribution in [0.2, 0.25) is 0 Å². The zero-order valence-electron chi connectivity index (χ0n) is 16.8. The number of aryl methyl sites for hydroxylation is 1. The van der Waals surface area contributed by atoms with Crippen molar-refractivity contribution in [3.05, 3.63) is 83.5 Å². The fraction of sp³-hybridized carbons (Fsp3) is 0.304. The van der Waals surface area contributed by atoms with E-state index >= 15 is 0 Å². The van der Waals surface area contributed by atoms with E-state index in [1.807, 2.05) is 49.4 Å². The number of rotatable bonds is 5. The molecule has 7 heteroatoms. The molecule has 0 aliphatic carbocycles. The van der Waals surface area contributed by atoms with E-state index in [4.69, 9.17) is 4.52 Å². The maximum atomic E-state index is 13.1. The average Bonchev–Trinajstić information content (AvgIpc) is 3.33. The van der Waals surface area contributed by atoms with Crippen molar-refractivity contribution in [2.75, 3.05) is 13.1 Å². The molecular formula is C23H24N4O3. The quantitative estimate of drug-likeness (QED) is 0.706. The van der Waals surface area contributed by atoms with Gasteiger partial charge in [-0.05, 0) is 43.0 Å². The van der Waals surface area contributed by atoms with E-state index in [9.17, 15) is 9.59 Å². The predicted molar refractivity (Wildman–Crippen MR) is 111 cm³/mol. The first-order valence-corrected chi connectivity index (χ1v) is 10.1. The predicted octanol–water partition coefficient (Wildman–Crippen LogP) is 3.14. The van der Waals surface area contributed by atoms with E-state index in [1.54, 1.807) is 17.2 Å². The molecule has 4 rings (SSSR count). The van der Waals surface area contributed by atoms with Crippen LogP contribution < -0.4 is 5.32 Å². The summed E-state index contributed by atoms with van der Waals surface area (Å²) in [6.45, 7) is 3.05. The van der Waals surface area contributed by atoms with Gasteiger partial charge in [-0.2, -0.15) is 0 Å². The molecule has 1 N–H and O–H groups in total. The number of benzene rings is 1. The Balaban J connectivity index is 1.45. The topological polar surface area (TPSA) is 88.3 Å². The summed E-state index contributed by atoms with van der Waals surface area (Å²) in [6, 6.07) is 15.0. The number of piperidine rings is 1. The van der Waals surface area contributed by atoms with Gasteiger partial charge < -0.3 is 14.7 Å². The fourth-order valence-corrected chi connectivity index (χ4v) is 3.86. The van der Waals surface area contributed by atoms with Gasteiger partial charge in [0.15, 0.2) is 0 Å². The number of carbonyl (C=O) groups is 2. The van der Waals surface area contributed by atoms with Gasteiger partial charge in [0.2, 0.25) is 11.7 Å². The molecule has 0 radical (unpaired) electrons. The molecule has 0 spiro atoms. The lowest BCUT2D eigenvalue weighted by Crippen LogP contribution is -2.44. The van der Waals surface area contributed by atoms with Crippen LogP contribution in [0.3, 0.4) is 0 Å². The van der Waals surface area contributed by atoms with Crippen molar-refractivity contribution in [2.24, 2.45) is 5.92 Å². The minimum absolute atomic E-state index is 0.0133. The molecule has 2 amide bonds. The molecule has 1 aliphatic rings. The normalized spacial score (nSPS) is 15.6. The summed E-state index contributed by atoms with van der Waals surface area (Å²) in [5.41, 5.74) is 2.93. The molecule has 1 atom stereocenters. The number of aromatic nitrogens is 2. The molecule has 1 fully saturated rings. The number of pyridine rings is 1. The molecule has 154 valence electrons. The lowest BCUT2D eigenvalue weighted by atomic mass is 9.93. The van der Waals surface area contributed by atoms with Crippen molar-refractivity contribution in [2.45, 2.75) is 25.8 Å². The molecule has 1 saturated heterocycles. The van der Waals surface area contributed by atoms with Crippen LogP contribution in [0, 0.1) is 12.8 Å². The third-order valence-corrected chi connectivity index (χ3v) is 5.57. The van der Waals surface area contributed by atoms with Crippen molar-refractivity contribution in [3.8, 4) is 0 Å². The summed E-state index contributed by atoms with van der Waals surface area (Å²) < 4.78 is 4.96. The molecule has 1 unspecified atom stereocenters. The first-order valence-electron chi connectivity index (χ1n) is 10.1. The van der Waals surface area contributed by atoms with Crippen LogP contribution in [0.25, 0.3) is 0 Å². The Morgan fingerprint density at radius 3 is 2.50 bits per heavy atom. The zero-order valence-corrected chi connectivity index (χ0v) is 16.8. The molecule has 7 nitrogen and oxygen atoms in total. The zero-order chi connectivity index (χ0) is 20.9. The number of nitrogens with one attached hydrogen (secondary N) is 1. The third-order valence-electron chi connectivity index (χ3n) is 5.57. The summed E-state index contributed by atoms with van der Waals surface area (Å²) in [5, 5.41) is 6.78. The first kappa shape index (κ1) is 19.8. The lowest BCUT2D eigenvalue weighted by Gasteiger charge is -2.31. The molecule has 0 bridgehead atoms. The maximum absolute atomic E-state index is 13.1. The second-order valence-electron chi connectivity index (χ2n) is 7.50. The van der Waals surface area contributed by atoms with Crippen LogP contribution in [0.15, 0.2) is 65.4 Å². The van der Waals surface area contributed by atoms with Gasteiger partial charge in [0.25, 0.3) is 5.91 Å². The van der Waals surface area contributed by atoms with Gasteiger partial charge in [-0.1, -0.05) is 35.5 Å². The highest BCUT2D eigenvalue weighted by molar-refractivity contribution is 5.91. The second kappa shape index (κ2) is 8.90. The van der Waals surface area contributed by atoms with Gasteiger partial charge in [-0.15, -0.1) is 0 Å². The number of likely N-dealkylation sites (tertiary alicyclic amines) is 1. The van der Waals surface area contributed by atoms with Crippen molar-refractivity contribution in [1.29, 1.82) is 0 Å². The summed E-state index contributed by atoms with van der Waals surface area (Å²) in [4.78, 5) is 31.7. The van der Waals surface area contributed by atoms with Crippen LogP contribution >= 0.6 is 0 Å². The van der Waals surface area contributed by atoms with Gasteiger partial charge in [-0.25, -0.2) is 0 Å². The highest BCUT2D eigenvalue weighted by Crippen LogP contribution is 2.26. The molecule has 3 aromatic rings. The van der Waals surface area contributed by atoms with Gasteiger partial charge in [0.1, 0.15) is 0 Å². The fourth-order valence-electron chi connectivity index (χ4n) is 3.86. The lowest BCUT2D eigenvalue weighted by molar-refractivity contribution is -0.126. The Hall–Kier alpha value is -3.48. The minimum atomic E-state index is -0.311. The molecule has 3 heterocycles. The van der Waals surface area contributed by atoms with Crippen LogP contribution in [-0.2, 0) is 4.79 Å². The van der Waals surface area contributed by atoms with E-state index < -0.39 is 0 Å². The molecular weight excluding hydrogens is 380 g/mol. The highest BCUT2D eigenvalue weighted by atomic mass is 16.5. The van der Waals surface area contributed by atoms with Crippen molar-refractivity contribution < 1.29 is 14.1 Å². The first-order chi connectivity index (χ1) is 14.6. The third kappa shape index (κ3) is 4.25. The summed E-state index contributed by atoms with van der Waals surface area (Å²) >= 11 is 0.